The summed E-state index contributed by atoms with van der Waals surface area (Å²) in [6, 6.07) is 4.90. The molecule has 0 aliphatic carbocycles. The number of carbonyl (C=O) groups excluding carboxylic acids is 1. The van der Waals surface area contributed by atoms with Crippen molar-refractivity contribution in [2.45, 2.75) is 32.1 Å². The second-order valence-corrected chi connectivity index (χ2v) is 5.83. The van der Waals surface area contributed by atoms with Gasteiger partial charge < -0.3 is 15.7 Å². The van der Waals surface area contributed by atoms with Gasteiger partial charge in [-0.05, 0) is 47.0 Å². The van der Waals surface area contributed by atoms with E-state index in [0.717, 1.165) is 23.7 Å². The molecule has 3 N–H and O–H groups in total. The fraction of sp³-hybridized carbons (Fsp3) is 0.429. The maximum absolute atomic E-state index is 11.6. The molecule has 0 radical (unpaired) electrons. The molecule has 0 fully saturated rings. The minimum atomic E-state index is -0.763. The number of carboxylic acid groups (broad SMARTS) is 1. The van der Waals surface area contributed by atoms with E-state index < -0.39 is 5.97 Å². The van der Waals surface area contributed by atoms with Crippen LogP contribution in [-0.4, -0.2) is 23.7 Å². The Bertz CT molecular complexity index is 497. The minimum Gasteiger partial charge on any atom is -0.481 e. The normalized spacial score (nSPS) is 10.2. The number of rotatable bonds is 8. The maximum Gasteiger partial charge on any atom is 0.319 e. The van der Waals surface area contributed by atoms with Gasteiger partial charge in [-0.1, -0.05) is 24.4 Å². The lowest BCUT2D eigenvalue weighted by Crippen LogP contribution is -2.29. The Kier molecular flexibility index (Phi) is 8.15. The first-order valence-electron chi connectivity index (χ1n) is 6.70. The molecule has 1 aromatic rings. The summed E-state index contributed by atoms with van der Waals surface area (Å²) in [5, 5.41) is 14.5. The second-order valence-electron chi connectivity index (χ2n) is 4.57. The average Bonchev–Trinajstić information content (AvgIpc) is 2.41. The van der Waals surface area contributed by atoms with Crippen molar-refractivity contribution in [2.75, 3.05) is 11.9 Å². The lowest BCUT2D eigenvalue weighted by atomic mass is 10.1. The van der Waals surface area contributed by atoms with E-state index in [2.05, 4.69) is 26.6 Å². The summed E-state index contributed by atoms with van der Waals surface area (Å²) in [6.45, 7) is 0.559. The van der Waals surface area contributed by atoms with Gasteiger partial charge in [0, 0.05) is 23.1 Å². The highest BCUT2D eigenvalue weighted by molar-refractivity contribution is 9.10. The van der Waals surface area contributed by atoms with E-state index in [-0.39, 0.29) is 12.5 Å². The van der Waals surface area contributed by atoms with Crippen LogP contribution in [0.4, 0.5) is 10.5 Å². The zero-order valence-electron chi connectivity index (χ0n) is 11.5. The molecule has 0 bridgehead atoms. The van der Waals surface area contributed by atoms with E-state index in [0.29, 0.717) is 23.7 Å². The van der Waals surface area contributed by atoms with Gasteiger partial charge in [0.25, 0.3) is 0 Å². The van der Waals surface area contributed by atoms with Crippen LogP contribution in [0.1, 0.15) is 32.1 Å². The quantitative estimate of drug-likeness (QED) is 0.592. The summed E-state index contributed by atoms with van der Waals surface area (Å²) in [4.78, 5) is 22.0. The molecule has 0 aliphatic heterocycles. The summed E-state index contributed by atoms with van der Waals surface area (Å²) in [5.74, 6) is -0.763. The molecule has 0 saturated carbocycles. The molecule has 0 heterocycles. The average molecular weight is 378 g/mol. The first-order chi connectivity index (χ1) is 9.99. The van der Waals surface area contributed by atoms with Crippen LogP contribution in [0.5, 0.6) is 0 Å². The van der Waals surface area contributed by atoms with Gasteiger partial charge in [0.05, 0.1) is 5.02 Å². The lowest BCUT2D eigenvalue weighted by molar-refractivity contribution is -0.137. The van der Waals surface area contributed by atoms with Crippen molar-refractivity contribution in [2.24, 2.45) is 0 Å². The monoisotopic (exact) mass is 376 g/mol. The minimum absolute atomic E-state index is 0.207. The van der Waals surface area contributed by atoms with Crippen LogP contribution in [0.2, 0.25) is 5.02 Å². The molecule has 2 amide bonds. The predicted molar refractivity (Wildman–Crippen MR) is 86.9 cm³/mol. The molecule has 0 atom stereocenters. The molecule has 116 valence electrons. The molecule has 7 heteroatoms. The number of nitrogens with one attached hydrogen (secondary N) is 2. The van der Waals surface area contributed by atoms with Crippen LogP contribution in [0.3, 0.4) is 0 Å². The summed E-state index contributed by atoms with van der Waals surface area (Å²) in [6.07, 6.45) is 3.47. The Morgan fingerprint density at radius 3 is 2.57 bits per heavy atom. The van der Waals surface area contributed by atoms with Gasteiger partial charge in [0.1, 0.15) is 0 Å². The van der Waals surface area contributed by atoms with Crippen LogP contribution in [-0.2, 0) is 4.79 Å². The summed E-state index contributed by atoms with van der Waals surface area (Å²) >= 11 is 9.21. The van der Waals surface area contributed by atoms with Gasteiger partial charge in [-0.2, -0.15) is 0 Å². The number of hydrogen-bond acceptors (Lipinski definition) is 2. The fourth-order valence-electron chi connectivity index (χ4n) is 1.71. The molecular formula is C14H18BrClN2O3. The molecule has 5 nitrogen and oxygen atoms in total. The molecule has 0 aliphatic rings. The molecule has 0 spiro atoms. The number of anilines is 1. The number of amides is 2. The van der Waals surface area contributed by atoms with Gasteiger partial charge >= 0.3 is 12.0 Å². The molecule has 0 saturated heterocycles. The zero-order chi connectivity index (χ0) is 15.7. The lowest BCUT2D eigenvalue weighted by Gasteiger charge is -2.08. The van der Waals surface area contributed by atoms with Gasteiger partial charge in [0.2, 0.25) is 0 Å². The highest BCUT2D eigenvalue weighted by atomic mass is 79.9. The Morgan fingerprint density at radius 1 is 1.19 bits per heavy atom. The number of halogens is 2. The van der Waals surface area contributed by atoms with Crippen LogP contribution in [0.15, 0.2) is 22.7 Å². The number of carboxylic acids is 1. The number of hydrogen-bond donors (Lipinski definition) is 3. The SMILES string of the molecule is O=C(O)CCCCCCNC(=O)Nc1ccc(Br)c(Cl)c1. The molecule has 1 aromatic carbocycles. The Labute approximate surface area is 137 Å². The second kappa shape index (κ2) is 9.63. The van der Waals surface area contributed by atoms with Crippen molar-refractivity contribution in [3.8, 4) is 0 Å². The highest BCUT2D eigenvalue weighted by Crippen LogP contribution is 2.25. The van der Waals surface area contributed by atoms with Crippen LogP contribution in [0.25, 0.3) is 0 Å². The van der Waals surface area contributed by atoms with Crippen molar-refractivity contribution < 1.29 is 14.7 Å². The number of unbranched alkanes of at least 4 members (excludes halogenated alkanes) is 3. The van der Waals surface area contributed by atoms with E-state index in [4.69, 9.17) is 16.7 Å². The first-order valence-corrected chi connectivity index (χ1v) is 7.88. The smallest absolute Gasteiger partial charge is 0.319 e. The number of aliphatic carboxylic acids is 1. The predicted octanol–water partition coefficient (Wildman–Crippen LogP) is 4.26. The fourth-order valence-corrected chi connectivity index (χ4v) is 2.13. The largest absolute Gasteiger partial charge is 0.481 e. The molecule has 0 unspecified atom stereocenters. The molecule has 0 aromatic heterocycles. The first kappa shape index (κ1) is 17.8. The molecule has 21 heavy (non-hydrogen) atoms. The van der Waals surface area contributed by atoms with Gasteiger partial charge in [0.15, 0.2) is 0 Å². The summed E-state index contributed by atoms with van der Waals surface area (Å²) in [5.41, 5.74) is 0.627. The standard InChI is InChI=1S/C14H18BrClN2O3/c15-11-7-6-10(9-12(11)16)18-14(21)17-8-4-2-1-3-5-13(19)20/h6-7,9H,1-5,8H2,(H,19,20)(H2,17,18,21). The molecule has 1 rings (SSSR count). The van der Waals surface area contributed by atoms with E-state index in [9.17, 15) is 9.59 Å². The van der Waals surface area contributed by atoms with E-state index >= 15 is 0 Å². The van der Waals surface area contributed by atoms with Gasteiger partial charge in [-0.3, -0.25) is 4.79 Å². The number of benzene rings is 1. The van der Waals surface area contributed by atoms with Crippen LogP contribution in [0, 0.1) is 0 Å². The summed E-state index contributed by atoms with van der Waals surface area (Å²) < 4.78 is 0.775. The number of carbonyl (C=O) groups is 2. The van der Waals surface area contributed by atoms with Crippen molar-refractivity contribution >= 4 is 45.2 Å². The van der Waals surface area contributed by atoms with Crippen molar-refractivity contribution in [3.05, 3.63) is 27.7 Å². The van der Waals surface area contributed by atoms with Crippen LogP contribution < -0.4 is 10.6 Å². The van der Waals surface area contributed by atoms with Crippen molar-refractivity contribution in [1.29, 1.82) is 0 Å². The third-order valence-electron chi connectivity index (χ3n) is 2.78. The number of urea groups is 1. The third kappa shape index (κ3) is 7.92. The molecular weight excluding hydrogens is 360 g/mol. The Hall–Kier alpha value is -1.27. The summed E-state index contributed by atoms with van der Waals surface area (Å²) in [7, 11) is 0. The Morgan fingerprint density at radius 2 is 1.90 bits per heavy atom. The topological polar surface area (TPSA) is 78.4 Å². The van der Waals surface area contributed by atoms with Crippen LogP contribution >= 0.6 is 27.5 Å². The van der Waals surface area contributed by atoms with E-state index in [1.54, 1.807) is 18.2 Å². The van der Waals surface area contributed by atoms with E-state index in [1.807, 2.05) is 0 Å². The maximum atomic E-state index is 11.6. The van der Waals surface area contributed by atoms with Crippen molar-refractivity contribution in [1.82, 2.24) is 5.32 Å². The Balaban J connectivity index is 2.14. The zero-order valence-corrected chi connectivity index (χ0v) is 13.8. The van der Waals surface area contributed by atoms with E-state index in [1.165, 1.54) is 0 Å². The van der Waals surface area contributed by atoms with Crippen molar-refractivity contribution in [3.63, 3.8) is 0 Å². The van der Waals surface area contributed by atoms with Gasteiger partial charge in [-0.25, -0.2) is 4.79 Å². The third-order valence-corrected chi connectivity index (χ3v) is 4.01. The highest BCUT2D eigenvalue weighted by Gasteiger charge is 2.03. The van der Waals surface area contributed by atoms with Gasteiger partial charge in [-0.15, -0.1) is 0 Å².